The smallest absolute Gasteiger partial charge is 0.230 e. The molecule has 0 radical (unpaired) electrons. The molecule has 2 aromatic carbocycles. The van der Waals surface area contributed by atoms with Crippen molar-refractivity contribution >= 4 is 17.4 Å². The van der Waals surface area contributed by atoms with Gasteiger partial charge in [0.2, 0.25) is 0 Å². The fourth-order valence-electron chi connectivity index (χ4n) is 3.19. The number of nitrogens with one attached hydrogen (secondary N) is 1. The molecule has 0 saturated carbocycles. The third kappa shape index (κ3) is 3.40. The third-order valence-corrected chi connectivity index (χ3v) is 5.60. The lowest BCUT2D eigenvalue weighted by Crippen LogP contribution is -2.23. The zero-order valence-electron chi connectivity index (χ0n) is 15.6. The predicted molar refractivity (Wildman–Crippen MR) is 109 cm³/mol. The lowest BCUT2D eigenvalue weighted by molar-refractivity contribution is -0.578. The Hall–Kier alpha value is -2.73. The highest BCUT2D eigenvalue weighted by atomic mass is 32.2. The summed E-state index contributed by atoms with van der Waals surface area (Å²) < 4.78 is 29.5. The van der Waals surface area contributed by atoms with Gasteiger partial charge in [-0.15, -0.1) is 16.3 Å². The number of aromatic amines is 1. The number of rotatable bonds is 5. The van der Waals surface area contributed by atoms with Gasteiger partial charge in [-0.3, -0.25) is 0 Å². The van der Waals surface area contributed by atoms with Crippen molar-refractivity contribution in [1.29, 1.82) is 0 Å². The fraction of sp³-hybridized carbons (Fsp3) is 0.182. The Kier molecular flexibility index (Phi) is 4.89. The molecule has 0 atom stereocenters. The van der Waals surface area contributed by atoms with Crippen LogP contribution >= 0.6 is 11.8 Å². The van der Waals surface area contributed by atoms with Crippen molar-refractivity contribution in [3.05, 3.63) is 72.7 Å². The monoisotopic (exact) mass is 396 g/mol. The Bertz CT molecular complexity index is 1120. The van der Waals surface area contributed by atoms with Crippen molar-refractivity contribution < 1.29 is 13.3 Å². The SMILES string of the molecule is CCC(F)(F)c1ccc(-c2cnc3c(-c4cccc(SC)c4)c[nH][n+]3c2)cc1. The molecule has 0 unspecified atom stereocenters. The van der Waals surface area contributed by atoms with Crippen molar-refractivity contribution in [2.45, 2.75) is 24.2 Å². The zero-order valence-corrected chi connectivity index (χ0v) is 16.4. The van der Waals surface area contributed by atoms with Crippen LogP contribution in [0.4, 0.5) is 8.78 Å². The highest BCUT2D eigenvalue weighted by Gasteiger charge is 2.28. The highest BCUT2D eigenvalue weighted by molar-refractivity contribution is 7.98. The van der Waals surface area contributed by atoms with E-state index in [0.29, 0.717) is 0 Å². The molecule has 28 heavy (non-hydrogen) atoms. The first kappa shape index (κ1) is 18.6. The highest BCUT2D eigenvalue weighted by Crippen LogP contribution is 2.32. The number of thioether (sulfide) groups is 1. The topological polar surface area (TPSA) is 32.8 Å². The van der Waals surface area contributed by atoms with Crippen LogP contribution in [0.15, 0.2) is 72.0 Å². The molecule has 2 heterocycles. The molecule has 1 N–H and O–H groups in total. The maximum Gasteiger partial charge on any atom is 0.355 e. The summed E-state index contributed by atoms with van der Waals surface area (Å²) in [5, 5.41) is 3.21. The van der Waals surface area contributed by atoms with Gasteiger partial charge in [0.1, 0.15) is 6.20 Å². The Morgan fingerprint density at radius 2 is 1.86 bits per heavy atom. The lowest BCUT2D eigenvalue weighted by Gasteiger charge is -2.14. The normalized spacial score (nSPS) is 11.9. The maximum atomic E-state index is 13.8. The van der Waals surface area contributed by atoms with Crippen molar-refractivity contribution in [2.75, 3.05) is 6.26 Å². The molecule has 0 amide bonds. The van der Waals surface area contributed by atoms with Crippen molar-refractivity contribution in [3.63, 3.8) is 0 Å². The second-order valence-electron chi connectivity index (χ2n) is 6.59. The molecule has 0 aliphatic carbocycles. The van der Waals surface area contributed by atoms with Gasteiger partial charge < -0.3 is 0 Å². The number of H-pyrrole nitrogens is 1. The first-order valence-electron chi connectivity index (χ1n) is 9.04. The number of fused-ring (bicyclic) bond motifs is 1. The fourth-order valence-corrected chi connectivity index (χ4v) is 3.65. The van der Waals surface area contributed by atoms with Crippen LogP contribution in [-0.4, -0.2) is 16.3 Å². The van der Waals surface area contributed by atoms with E-state index >= 15 is 0 Å². The lowest BCUT2D eigenvalue weighted by atomic mass is 10.0. The van der Waals surface area contributed by atoms with Crippen molar-refractivity contribution in [3.8, 4) is 22.3 Å². The molecule has 2 aromatic heterocycles. The second kappa shape index (κ2) is 7.36. The summed E-state index contributed by atoms with van der Waals surface area (Å²) in [6.45, 7) is 1.49. The summed E-state index contributed by atoms with van der Waals surface area (Å²) in [7, 11) is 0. The largest absolute Gasteiger partial charge is 0.355 e. The number of aromatic nitrogens is 3. The van der Waals surface area contributed by atoms with E-state index in [0.717, 1.165) is 27.9 Å². The van der Waals surface area contributed by atoms with Crippen LogP contribution in [-0.2, 0) is 5.92 Å². The molecule has 0 fully saturated rings. The van der Waals surface area contributed by atoms with Gasteiger partial charge in [-0.25, -0.2) is 13.9 Å². The quantitative estimate of drug-likeness (QED) is 0.346. The van der Waals surface area contributed by atoms with Crippen molar-refractivity contribution in [2.24, 2.45) is 0 Å². The van der Waals surface area contributed by atoms with Crippen LogP contribution in [0.5, 0.6) is 0 Å². The summed E-state index contributed by atoms with van der Waals surface area (Å²) in [5.41, 5.74) is 4.66. The van der Waals surface area contributed by atoms with E-state index in [1.165, 1.54) is 24.0 Å². The van der Waals surface area contributed by atoms with E-state index in [9.17, 15) is 8.78 Å². The molecule has 6 heteroatoms. The summed E-state index contributed by atoms with van der Waals surface area (Å²) in [5.74, 6) is -2.80. The van der Waals surface area contributed by atoms with Gasteiger partial charge >= 0.3 is 5.65 Å². The molecule has 0 spiro atoms. The van der Waals surface area contributed by atoms with E-state index in [4.69, 9.17) is 0 Å². The first-order chi connectivity index (χ1) is 13.5. The Labute approximate surface area is 166 Å². The number of halogens is 2. The van der Waals surface area contributed by atoms with Gasteiger partial charge in [-0.05, 0) is 34.5 Å². The van der Waals surface area contributed by atoms with Crippen LogP contribution < -0.4 is 4.52 Å². The molecule has 0 saturated heterocycles. The average molecular weight is 396 g/mol. The standard InChI is InChI=1S/C22H19F2N3S/c1-3-22(23,24)18-9-7-15(8-10-18)17-12-25-21-20(13-26-27(21)14-17)16-5-4-6-19(11-16)28-2/h4-14H,3H2,1-2H3/p+1. The van der Waals surface area contributed by atoms with Gasteiger partial charge in [0.15, 0.2) is 6.20 Å². The van der Waals surface area contributed by atoms with Crippen LogP contribution in [0.2, 0.25) is 0 Å². The number of hydrogen-bond acceptors (Lipinski definition) is 2. The molecule has 4 aromatic rings. The minimum atomic E-state index is -2.80. The first-order valence-corrected chi connectivity index (χ1v) is 10.3. The van der Waals surface area contributed by atoms with Gasteiger partial charge in [0.05, 0.1) is 17.3 Å². The Balaban J connectivity index is 1.70. The predicted octanol–water partition coefficient (Wildman–Crippen LogP) is 5.71. The van der Waals surface area contributed by atoms with Crippen LogP contribution in [0.1, 0.15) is 18.9 Å². The molecule has 0 aliphatic rings. The third-order valence-electron chi connectivity index (χ3n) is 4.88. The van der Waals surface area contributed by atoms with Crippen LogP contribution in [0.25, 0.3) is 27.9 Å². The molecular weight excluding hydrogens is 376 g/mol. The summed E-state index contributed by atoms with van der Waals surface area (Å²) in [6, 6.07) is 14.7. The van der Waals surface area contributed by atoms with Gasteiger partial charge in [-0.2, -0.15) is 0 Å². The van der Waals surface area contributed by atoms with Gasteiger partial charge in [-0.1, -0.05) is 43.3 Å². The average Bonchev–Trinajstić information content (AvgIpc) is 3.17. The van der Waals surface area contributed by atoms with Gasteiger partial charge in [0.25, 0.3) is 5.92 Å². The van der Waals surface area contributed by atoms with E-state index in [1.54, 1.807) is 30.1 Å². The molecular formula is C22H20F2N3S+. The molecule has 0 aliphatic heterocycles. The zero-order chi connectivity index (χ0) is 19.7. The summed E-state index contributed by atoms with van der Waals surface area (Å²) >= 11 is 1.70. The summed E-state index contributed by atoms with van der Waals surface area (Å²) in [6.07, 6.45) is 7.47. The molecule has 0 bridgehead atoms. The van der Waals surface area contributed by atoms with E-state index in [2.05, 4.69) is 34.5 Å². The molecule has 142 valence electrons. The Morgan fingerprint density at radius 3 is 2.57 bits per heavy atom. The minimum absolute atomic E-state index is 0.0382. The number of hydrogen-bond donors (Lipinski definition) is 1. The molecule has 3 nitrogen and oxygen atoms in total. The van der Waals surface area contributed by atoms with E-state index < -0.39 is 5.92 Å². The number of nitrogens with zero attached hydrogens (tertiary/aromatic N) is 2. The van der Waals surface area contributed by atoms with Crippen molar-refractivity contribution in [1.82, 2.24) is 10.1 Å². The Morgan fingerprint density at radius 1 is 1.07 bits per heavy atom. The second-order valence-corrected chi connectivity index (χ2v) is 7.47. The molecule has 4 rings (SSSR count). The van der Waals surface area contributed by atoms with E-state index in [1.807, 2.05) is 23.0 Å². The van der Waals surface area contributed by atoms with Crippen LogP contribution in [0.3, 0.4) is 0 Å². The number of benzene rings is 2. The van der Waals surface area contributed by atoms with Crippen LogP contribution in [0, 0.1) is 0 Å². The van der Waals surface area contributed by atoms with E-state index in [-0.39, 0.29) is 12.0 Å². The maximum absolute atomic E-state index is 13.8. The summed E-state index contributed by atoms with van der Waals surface area (Å²) in [4.78, 5) is 5.81. The van der Waals surface area contributed by atoms with Gasteiger partial charge in [0, 0.05) is 16.9 Å². The number of alkyl halides is 2. The minimum Gasteiger partial charge on any atom is -0.230 e.